The Hall–Kier alpha value is -2.94. The summed E-state index contributed by atoms with van der Waals surface area (Å²) in [7, 11) is 0. The molecule has 0 spiro atoms. The van der Waals surface area contributed by atoms with E-state index in [0.29, 0.717) is 17.2 Å². The number of aromatic hydroxyl groups is 3. The molecule has 0 aliphatic heterocycles. The van der Waals surface area contributed by atoms with Gasteiger partial charge in [0.1, 0.15) is 17.2 Å². The van der Waals surface area contributed by atoms with E-state index in [9.17, 15) is 15.3 Å². The van der Waals surface area contributed by atoms with Gasteiger partial charge < -0.3 is 15.3 Å². The molecule has 3 aromatic rings. The van der Waals surface area contributed by atoms with E-state index in [1.54, 1.807) is 0 Å². The topological polar surface area (TPSA) is 60.7 Å². The summed E-state index contributed by atoms with van der Waals surface area (Å²) in [5, 5.41) is 30.5. The minimum Gasteiger partial charge on any atom is -0.508 e. The minimum absolute atomic E-state index is 0.113. The Morgan fingerprint density at radius 1 is 0.450 bits per heavy atom. The Balaban J connectivity index is 0.00000149. The van der Waals surface area contributed by atoms with Crippen LogP contribution in [0.5, 0.6) is 17.2 Å². The van der Waals surface area contributed by atoms with Crippen LogP contribution in [0.25, 0.3) is 0 Å². The van der Waals surface area contributed by atoms with Crippen molar-refractivity contribution in [2.24, 2.45) is 0 Å². The van der Waals surface area contributed by atoms with Crippen molar-refractivity contribution in [1.29, 1.82) is 0 Å². The highest BCUT2D eigenvalue weighted by molar-refractivity contribution is 5.50. The summed E-state index contributed by atoms with van der Waals surface area (Å²) in [6.45, 7) is 26.9. The molecule has 3 heteroatoms. The van der Waals surface area contributed by atoms with Crippen LogP contribution in [-0.2, 0) is 0 Å². The number of benzene rings is 3. The van der Waals surface area contributed by atoms with Crippen molar-refractivity contribution < 1.29 is 15.3 Å². The molecule has 40 heavy (non-hydrogen) atoms. The second kappa shape index (κ2) is 18.4. The first-order valence-electron chi connectivity index (χ1n) is 15.1. The molecule has 0 aliphatic rings. The van der Waals surface area contributed by atoms with Crippen LogP contribution in [0, 0.1) is 41.5 Å². The maximum absolute atomic E-state index is 10.2. The quantitative estimate of drug-likeness (QED) is 0.296. The van der Waals surface area contributed by atoms with E-state index < -0.39 is 0 Å². The smallest absolute Gasteiger partial charge is 0.118 e. The number of rotatable bonds is 5. The summed E-state index contributed by atoms with van der Waals surface area (Å²) in [5.41, 5.74) is 9.46. The molecule has 0 heterocycles. The summed E-state index contributed by atoms with van der Waals surface area (Å²) in [6, 6.07) is 11.8. The summed E-state index contributed by atoms with van der Waals surface area (Å²) >= 11 is 0. The molecule has 3 rings (SSSR count). The zero-order valence-corrected chi connectivity index (χ0v) is 27.8. The lowest BCUT2D eigenvalue weighted by molar-refractivity contribution is 0.469. The van der Waals surface area contributed by atoms with Gasteiger partial charge in [-0.3, -0.25) is 0 Å². The van der Waals surface area contributed by atoms with Crippen LogP contribution >= 0.6 is 0 Å². The van der Waals surface area contributed by atoms with Crippen molar-refractivity contribution in [2.45, 2.75) is 128 Å². The third-order valence-electron chi connectivity index (χ3n) is 6.62. The van der Waals surface area contributed by atoms with Crippen molar-refractivity contribution in [2.75, 3.05) is 0 Å². The highest BCUT2D eigenvalue weighted by atomic mass is 16.3. The molecule has 0 amide bonds. The standard InChI is InChI=1S/C28H34O3.3C3H8/c1-15(22-9-19(5)26(29)12-16(22)2)8-25(23-10-20(6)27(30)13-17(23)3)24-11-21(7)28(31)14-18(24)4;3*1-3-2/h9-15,25,29-31H,8H2,1-7H3;3*3H2,1-2H3. The van der Waals surface area contributed by atoms with Crippen molar-refractivity contribution in [3.63, 3.8) is 0 Å². The first kappa shape index (κ1) is 37.1. The highest BCUT2D eigenvalue weighted by Gasteiger charge is 2.24. The Bertz CT molecular complexity index is 1110. The summed E-state index contributed by atoms with van der Waals surface area (Å²) in [5.74, 6) is 1.33. The summed E-state index contributed by atoms with van der Waals surface area (Å²) in [4.78, 5) is 0. The van der Waals surface area contributed by atoms with Gasteiger partial charge in [0.2, 0.25) is 0 Å². The van der Waals surface area contributed by atoms with E-state index in [4.69, 9.17) is 0 Å². The fourth-order valence-corrected chi connectivity index (χ4v) is 4.65. The minimum atomic E-state index is 0.113. The first-order chi connectivity index (χ1) is 18.7. The molecule has 0 aliphatic carbocycles. The Morgan fingerprint density at radius 2 is 0.700 bits per heavy atom. The average Bonchev–Trinajstić information content (AvgIpc) is 2.86. The summed E-state index contributed by atoms with van der Waals surface area (Å²) in [6.07, 6.45) is 4.63. The maximum Gasteiger partial charge on any atom is 0.118 e. The van der Waals surface area contributed by atoms with Gasteiger partial charge in [0.15, 0.2) is 0 Å². The molecular formula is C37H58O3. The molecular weight excluding hydrogens is 492 g/mol. The number of phenolic OH excluding ortho intramolecular Hbond substituents is 3. The van der Waals surface area contributed by atoms with Crippen LogP contribution < -0.4 is 0 Å². The number of hydrogen-bond acceptors (Lipinski definition) is 3. The third-order valence-corrected chi connectivity index (χ3v) is 6.62. The van der Waals surface area contributed by atoms with Crippen LogP contribution in [0.3, 0.4) is 0 Å². The van der Waals surface area contributed by atoms with Crippen LogP contribution in [0.4, 0.5) is 0 Å². The number of phenols is 3. The zero-order chi connectivity index (χ0) is 31.2. The van der Waals surface area contributed by atoms with Gasteiger partial charge in [0.25, 0.3) is 0 Å². The molecule has 3 N–H and O–H groups in total. The fourth-order valence-electron chi connectivity index (χ4n) is 4.65. The molecule has 3 aromatic carbocycles. The van der Waals surface area contributed by atoms with Gasteiger partial charge in [-0.25, -0.2) is 0 Å². The van der Waals surface area contributed by atoms with Gasteiger partial charge in [-0.15, -0.1) is 0 Å². The lowest BCUT2D eigenvalue weighted by Crippen LogP contribution is -2.11. The predicted molar refractivity (Wildman–Crippen MR) is 176 cm³/mol. The van der Waals surface area contributed by atoms with Gasteiger partial charge in [-0.2, -0.15) is 0 Å². The lowest BCUT2D eigenvalue weighted by atomic mass is 9.77. The highest BCUT2D eigenvalue weighted by Crippen LogP contribution is 2.41. The van der Waals surface area contributed by atoms with E-state index in [-0.39, 0.29) is 11.8 Å². The molecule has 0 bridgehead atoms. The second-order valence-corrected chi connectivity index (χ2v) is 11.3. The van der Waals surface area contributed by atoms with Gasteiger partial charge in [-0.05, 0) is 122 Å². The van der Waals surface area contributed by atoms with E-state index >= 15 is 0 Å². The van der Waals surface area contributed by atoms with Crippen LogP contribution in [0.1, 0.15) is 136 Å². The van der Waals surface area contributed by atoms with E-state index in [2.05, 4.69) is 66.7 Å². The monoisotopic (exact) mass is 550 g/mol. The van der Waals surface area contributed by atoms with E-state index in [1.807, 2.05) is 59.7 Å². The molecule has 1 atom stereocenters. The van der Waals surface area contributed by atoms with Gasteiger partial charge >= 0.3 is 0 Å². The maximum atomic E-state index is 10.2. The van der Waals surface area contributed by atoms with Gasteiger partial charge in [0.05, 0.1) is 0 Å². The number of hydrogen-bond donors (Lipinski definition) is 3. The summed E-state index contributed by atoms with van der Waals surface area (Å²) < 4.78 is 0. The van der Waals surface area contributed by atoms with Gasteiger partial charge in [0, 0.05) is 5.92 Å². The third kappa shape index (κ3) is 10.9. The zero-order valence-electron chi connectivity index (χ0n) is 27.8. The van der Waals surface area contributed by atoms with Crippen LogP contribution in [-0.4, -0.2) is 15.3 Å². The Morgan fingerprint density at radius 3 is 1.00 bits per heavy atom. The van der Waals surface area contributed by atoms with E-state index in [1.165, 1.54) is 36.0 Å². The van der Waals surface area contributed by atoms with Crippen molar-refractivity contribution in [3.05, 3.63) is 86.5 Å². The Kier molecular flexibility index (Phi) is 17.1. The predicted octanol–water partition coefficient (Wildman–Crippen LogP) is 11.2. The molecule has 1 unspecified atom stereocenters. The van der Waals surface area contributed by atoms with Crippen LogP contribution in [0.2, 0.25) is 0 Å². The van der Waals surface area contributed by atoms with Crippen molar-refractivity contribution >= 4 is 0 Å². The molecule has 0 aromatic heterocycles. The van der Waals surface area contributed by atoms with Crippen molar-refractivity contribution in [1.82, 2.24) is 0 Å². The first-order valence-corrected chi connectivity index (χ1v) is 15.1. The van der Waals surface area contributed by atoms with Crippen LogP contribution in [0.15, 0.2) is 36.4 Å². The molecule has 0 radical (unpaired) electrons. The largest absolute Gasteiger partial charge is 0.508 e. The molecule has 224 valence electrons. The molecule has 0 saturated carbocycles. The Labute approximate surface area is 246 Å². The second-order valence-electron chi connectivity index (χ2n) is 11.3. The van der Waals surface area contributed by atoms with Crippen molar-refractivity contribution in [3.8, 4) is 17.2 Å². The fraction of sp³-hybridized carbons (Fsp3) is 0.514. The number of aryl methyl sites for hydroxylation is 6. The average molecular weight is 551 g/mol. The SMILES string of the molecule is CCC.CCC.CCC.Cc1cc(C(C)CC(c2cc(C)c(O)cc2C)c2cc(C)c(O)cc2C)c(C)cc1O. The molecule has 0 saturated heterocycles. The molecule has 3 nitrogen and oxygen atoms in total. The van der Waals surface area contributed by atoms with Gasteiger partial charge in [-0.1, -0.05) is 85.9 Å². The normalized spacial score (nSPS) is 10.9. The van der Waals surface area contributed by atoms with E-state index in [0.717, 1.165) is 39.8 Å². The molecule has 0 fully saturated rings. The lowest BCUT2D eigenvalue weighted by Gasteiger charge is -2.27.